The molecule has 0 atom stereocenters. The van der Waals surface area contributed by atoms with Crippen molar-refractivity contribution in [3.05, 3.63) is 35.1 Å². The second-order valence-corrected chi connectivity index (χ2v) is 2.91. The fourth-order valence-electron chi connectivity index (χ4n) is 1.03. The third-order valence-electron chi connectivity index (χ3n) is 1.78. The van der Waals surface area contributed by atoms with Gasteiger partial charge in [-0.15, -0.1) is 0 Å². The van der Waals surface area contributed by atoms with Gasteiger partial charge in [0.25, 0.3) is 0 Å². The Morgan fingerprint density at radius 3 is 2.79 bits per heavy atom. The zero-order valence-corrected chi connectivity index (χ0v) is 7.92. The van der Waals surface area contributed by atoms with Crippen molar-refractivity contribution in [2.75, 3.05) is 0 Å². The van der Waals surface area contributed by atoms with Gasteiger partial charge >= 0.3 is 5.97 Å². The lowest BCUT2D eigenvalue weighted by Crippen LogP contribution is -2.02. The lowest BCUT2D eigenvalue weighted by molar-refractivity contribution is -0.142. The molecule has 0 heterocycles. The average Bonchev–Trinajstić information content (AvgIpc) is 2.15. The molecule has 0 fully saturated rings. The molecule has 0 aliphatic heterocycles. The maximum absolute atomic E-state index is 13.2. The van der Waals surface area contributed by atoms with E-state index in [0.29, 0.717) is 11.1 Å². The van der Waals surface area contributed by atoms with Crippen LogP contribution in [0.25, 0.3) is 0 Å². The lowest BCUT2D eigenvalue weighted by Gasteiger charge is -2.04. The Kier molecular flexibility index (Phi) is 3.59. The van der Waals surface area contributed by atoms with E-state index >= 15 is 0 Å². The van der Waals surface area contributed by atoms with Crippen molar-refractivity contribution in [1.29, 1.82) is 0 Å². The highest BCUT2D eigenvalue weighted by Gasteiger charge is 2.02. The van der Waals surface area contributed by atoms with Gasteiger partial charge in [0.15, 0.2) is 0 Å². The molecule has 0 aliphatic carbocycles. The first-order valence-corrected chi connectivity index (χ1v) is 4.24. The largest absolute Gasteiger partial charge is 0.461 e. The summed E-state index contributed by atoms with van der Waals surface area (Å²) in [4.78, 5) is 10.5. The van der Waals surface area contributed by atoms with Gasteiger partial charge in [0.1, 0.15) is 12.4 Å². The summed E-state index contributed by atoms with van der Waals surface area (Å²) in [5.74, 6) is -0.745. The Hall–Kier alpha value is -1.42. The molecule has 0 saturated carbocycles. The number of ether oxygens (including phenoxy) is 1. The zero-order valence-electron chi connectivity index (χ0n) is 7.92. The molecule has 0 aliphatic rings. The molecule has 0 aromatic heterocycles. The summed E-state index contributed by atoms with van der Waals surface area (Å²) in [6, 6.07) is 4.60. The van der Waals surface area contributed by atoms with Crippen LogP contribution < -0.4 is 5.73 Å². The number of esters is 1. The van der Waals surface area contributed by atoms with Crippen molar-refractivity contribution < 1.29 is 13.9 Å². The molecule has 76 valence electrons. The first kappa shape index (κ1) is 10.7. The highest BCUT2D eigenvalue weighted by atomic mass is 19.1. The number of carbonyl (C=O) groups is 1. The van der Waals surface area contributed by atoms with Crippen LogP contribution >= 0.6 is 0 Å². The smallest absolute Gasteiger partial charge is 0.302 e. The summed E-state index contributed by atoms with van der Waals surface area (Å²) in [5, 5.41) is 0. The number of benzene rings is 1. The Bertz CT molecular complexity index is 339. The topological polar surface area (TPSA) is 52.3 Å². The maximum Gasteiger partial charge on any atom is 0.302 e. The number of carbonyl (C=O) groups excluding carboxylic acids is 1. The van der Waals surface area contributed by atoms with Crippen molar-refractivity contribution in [3.63, 3.8) is 0 Å². The van der Waals surface area contributed by atoms with Crippen LogP contribution in [0, 0.1) is 5.82 Å². The van der Waals surface area contributed by atoms with Gasteiger partial charge in [0.05, 0.1) is 0 Å². The minimum absolute atomic E-state index is 0.0943. The summed E-state index contributed by atoms with van der Waals surface area (Å²) in [5.41, 5.74) is 6.37. The molecule has 14 heavy (non-hydrogen) atoms. The number of halogens is 1. The summed E-state index contributed by atoms with van der Waals surface area (Å²) in [6.45, 7) is 1.57. The van der Waals surface area contributed by atoms with Crippen LogP contribution in [-0.2, 0) is 22.7 Å². The van der Waals surface area contributed by atoms with E-state index in [2.05, 4.69) is 0 Å². The van der Waals surface area contributed by atoms with Crippen molar-refractivity contribution in [1.82, 2.24) is 0 Å². The third kappa shape index (κ3) is 2.81. The summed E-state index contributed by atoms with van der Waals surface area (Å²) < 4.78 is 17.9. The molecule has 4 heteroatoms. The van der Waals surface area contributed by atoms with Crippen LogP contribution in [-0.4, -0.2) is 5.97 Å². The zero-order chi connectivity index (χ0) is 10.6. The van der Waals surface area contributed by atoms with Gasteiger partial charge in [-0.1, -0.05) is 12.1 Å². The van der Waals surface area contributed by atoms with Gasteiger partial charge < -0.3 is 10.5 Å². The van der Waals surface area contributed by atoms with E-state index in [1.165, 1.54) is 13.0 Å². The van der Waals surface area contributed by atoms with E-state index in [0.717, 1.165) is 0 Å². The standard InChI is InChI=1S/C10H12FNO2/c1-7(13)14-6-8-2-3-9(5-12)10(11)4-8/h2-4H,5-6,12H2,1H3. The predicted octanol–water partition coefficient (Wildman–Crippen LogP) is 1.35. The Balaban J connectivity index is 2.71. The summed E-state index contributed by atoms with van der Waals surface area (Å²) in [7, 11) is 0. The van der Waals surface area contributed by atoms with Gasteiger partial charge in [0.2, 0.25) is 0 Å². The molecule has 0 spiro atoms. The quantitative estimate of drug-likeness (QED) is 0.744. The predicted molar refractivity (Wildman–Crippen MR) is 49.8 cm³/mol. The van der Waals surface area contributed by atoms with Crippen LogP contribution in [0.2, 0.25) is 0 Å². The van der Waals surface area contributed by atoms with Crippen molar-refractivity contribution in [2.45, 2.75) is 20.1 Å². The SMILES string of the molecule is CC(=O)OCc1ccc(CN)c(F)c1. The number of hydrogen-bond acceptors (Lipinski definition) is 3. The summed E-state index contributed by atoms with van der Waals surface area (Å²) >= 11 is 0. The number of rotatable bonds is 3. The summed E-state index contributed by atoms with van der Waals surface area (Å²) in [6.07, 6.45) is 0. The van der Waals surface area contributed by atoms with Crippen LogP contribution in [0.5, 0.6) is 0 Å². The van der Waals surface area contributed by atoms with E-state index in [1.807, 2.05) is 0 Å². The Morgan fingerprint density at radius 1 is 1.57 bits per heavy atom. The molecule has 0 bridgehead atoms. The minimum Gasteiger partial charge on any atom is -0.461 e. The molecule has 0 radical (unpaired) electrons. The van der Waals surface area contributed by atoms with Crippen LogP contribution in [0.1, 0.15) is 18.1 Å². The van der Waals surface area contributed by atoms with Crippen LogP contribution in [0.15, 0.2) is 18.2 Å². The molecular formula is C10H12FNO2. The van der Waals surface area contributed by atoms with Gasteiger partial charge in [-0.25, -0.2) is 4.39 Å². The van der Waals surface area contributed by atoms with E-state index < -0.39 is 0 Å². The first-order chi connectivity index (χ1) is 6.63. The third-order valence-corrected chi connectivity index (χ3v) is 1.78. The molecule has 1 aromatic carbocycles. The van der Waals surface area contributed by atoms with E-state index in [-0.39, 0.29) is 24.9 Å². The fraction of sp³-hybridized carbons (Fsp3) is 0.300. The molecule has 0 unspecified atom stereocenters. The fourth-order valence-corrected chi connectivity index (χ4v) is 1.03. The van der Waals surface area contributed by atoms with Gasteiger partial charge in [-0.05, 0) is 11.6 Å². The van der Waals surface area contributed by atoms with E-state index in [9.17, 15) is 9.18 Å². The van der Waals surface area contributed by atoms with Crippen LogP contribution in [0.4, 0.5) is 4.39 Å². The Morgan fingerprint density at radius 2 is 2.29 bits per heavy atom. The molecule has 1 aromatic rings. The maximum atomic E-state index is 13.2. The number of nitrogens with two attached hydrogens (primary N) is 1. The molecule has 0 amide bonds. The van der Waals surface area contributed by atoms with Gasteiger partial charge in [0, 0.05) is 19.0 Å². The highest BCUT2D eigenvalue weighted by molar-refractivity contribution is 5.65. The van der Waals surface area contributed by atoms with E-state index in [1.54, 1.807) is 12.1 Å². The monoisotopic (exact) mass is 197 g/mol. The molecule has 0 saturated heterocycles. The molecule has 2 N–H and O–H groups in total. The van der Waals surface area contributed by atoms with Crippen molar-refractivity contribution in [2.24, 2.45) is 5.73 Å². The van der Waals surface area contributed by atoms with Crippen molar-refractivity contribution in [3.8, 4) is 0 Å². The second kappa shape index (κ2) is 4.72. The van der Waals surface area contributed by atoms with Crippen molar-refractivity contribution >= 4 is 5.97 Å². The number of hydrogen-bond donors (Lipinski definition) is 1. The van der Waals surface area contributed by atoms with Gasteiger partial charge in [-0.3, -0.25) is 4.79 Å². The highest BCUT2D eigenvalue weighted by Crippen LogP contribution is 2.10. The Labute approximate surface area is 81.7 Å². The molecular weight excluding hydrogens is 185 g/mol. The minimum atomic E-state index is -0.381. The van der Waals surface area contributed by atoms with E-state index in [4.69, 9.17) is 10.5 Å². The second-order valence-electron chi connectivity index (χ2n) is 2.91. The molecule has 3 nitrogen and oxygen atoms in total. The molecule has 1 rings (SSSR count). The average molecular weight is 197 g/mol. The lowest BCUT2D eigenvalue weighted by atomic mass is 10.1. The first-order valence-electron chi connectivity index (χ1n) is 4.24. The normalized spacial score (nSPS) is 9.93. The van der Waals surface area contributed by atoms with Crippen LogP contribution in [0.3, 0.4) is 0 Å². The van der Waals surface area contributed by atoms with Gasteiger partial charge in [-0.2, -0.15) is 0 Å².